The van der Waals surface area contributed by atoms with Crippen LogP contribution in [-0.4, -0.2) is 46.6 Å². The highest BCUT2D eigenvalue weighted by Crippen LogP contribution is 1.93. The zero-order valence-electron chi connectivity index (χ0n) is 9.95. The predicted molar refractivity (Wildman–Crippen MR) is 63.0 cm³/mol. The van der Waals surface area contributed by atoms with Gasteiger partial charge in [0.25, 0.3) is 0 Å². The molecule has 0 aromatic rings. The van der Waals surface area contributed by atoms with E-state index in [-0.39, 0.29) is 11.7 Å². The maximum atomic E-state index is 11.0. The van der Waals surface area contributed by atoms with Gasteiger partial charge in [-0.25, -0.2) is 13.2 Å². The Labute approximate surface area is 96.8 Å². The third-order valence-corrected chi connectivity index (χ3v) is 2.96. The molecule has 0 aliphatic rings. The first kappa shape index (κ1) is 15.1. The molecular formula is C10H19NO4S. The van der Waals surface area contributed by atoms with Crippen molar-refractivity contribution in [1.29, 1.82) is 0 Å². The van der Waals surface area contributed by atoms with Crippen LogP contribution < -0.4 is 5.32 Å². The first-order chi connectivity index (χ1) is 7.37. The second-order valence-electron chi connectivity index (χ2n) is 3.57. The summed E-state index contributed by atoms with van der Waals surface area (Å²) in [6.07, 6.45) is 3.50. The number of hydrogen-bond donors (Lipinski definition) is 1. The molecule has 0 rings (SSSR count). The number of sulfone groups is 1. The summed E-state index contributed by atoms with van der Waals surface area (Å²) in [4.78, 5) is 11.0. The lowest BCUT2D eigenvalue weighted by Crippen LogP contribution is -2.19. The van der Waals surface area contributed by atoms with E-state index in [4.69, 9.17) is 0 Å². The molecule has 0 spiro atoms. The fourth-order valence-corrected chi connectivity index (χ4v) is 1.70. The SMILES string of the molecule is COC(=O)C(C)=CCNCCCS(C)(=O)=O. The number of esters is 1. The lowest BCUT2D eigenvalue weighted by atomic mass is 10.3. The van der Waals surface area contributed by atoms with E-state index in [2.05, 4.69) is 10.1 Å². The highest BCUT2D eigenvalue weighted by Gasteiger charge is 2.02. The average molecular weight is 249 g/mol. The quantitative estimate of drug-likeness (QED) is 0.394. The van der Waals surface area contributed by atoms with Crippen LogP contribution >= 0.6 is 0 Å². The summed E-state index contributed by atoms with van der Waals surface area (Å²) in [6.45, 7) is 2.81. The summed E-state index contributed by atoms with van der Waals surface area (Å²) in [5.74, 6) is -0.169. The molecule has 0 aromatic heterocycles. The number of hydrogen-bond acceptors (Lipinski definition) is 5. The van der Waals surface area contributed by atoms with Crippen molar-refractivity contribution < 1.29 is 17.9 Å². The molecule has 16 heavy (non-hydrogen) atoms. The largest absolute Gasteiger partial charge is 0.466 e. The minimum Gasteiger partial charge on any atom is -0.466 e. The van der Waals surface area contributed by atoms with Gasteiger partial charge in [-0.05, 0) is 19.9 Å². The monoisotopic (exact) mass is 249 g/mol. The Hall–Kier alpha value is -0.880. The number of nitrogens with one attached hydrogen (secondary N) is 1. The molecule has 0 saturated heterocycles. The summed E-state index contributed by atoms with van der Waals surface area (Å²) in [5, 5.41) is 3.02. The minimum absolute atomic E-state index is 0.180. The van der Waals surface area contributed by atoms with Gasteiger partial charge in [-0.1, -0.05) is 6.08 Å². The summed E-state index contributed by atoms with van der Waals surface area (Å²) in [5.41, 5.74) is 0.540. The van der Waals surface area contributed by atoms with E-state index in [1.165, 1.54) is 13.4 Å². The van der Waals surface area contributed by atoms with Gasteiger partial charge in [0.2, 0.25) is 0 Å². The van der Waals surface area contributed by atoms with Gasteiger partial charge in [0.1, 0.15) is 9.84 Å². The van der Waals surface area contributed by atoms with Gasteiger partial charge >= 0.3 is 5.97 Å². The Morgan fingerprint density at radius 3 is 2.56 bits per heavy atom. The molecular weight excluding hydrogens is 230 g/mol. The zero-order valence-corrected chi connectivity index (χ0v) is 10.8. The third-order valence-electron chi connectivity index (χ3n) is 1.93. The molecule has 0 bridgehead atoms. The van der Waals surface area contributed by atoms with Gasteiger partial charge in [0.05, 0.1) is 12.9 Å². The highest BCUT2D eigenvalue weighted by atomic mass is 32.2. The first-order valence-electron chi connectivity index (χ1n) is 5.00. The first-order valence-corrected chi connectivity index (χ1v) is 7.06. The normalized spacial score (nSPS) is 12.6. The van der Waals surface area contributed by atoms with Crippen LogP contribution in [0.3, 0.4) is 0 Å². The summed E-state index contributed by atoms with van der Waals surface area (Å²) in [6, 6.07) is 0. The lowest BCUT2D eigenvalue weighted by Gasteiger charge is -2.02. The maximum Gasteiger partial charge on any atom is 0.333 e. The molecule has 6 heteroatoms. The number of carbonyl (C=O) groups excluding carboxylic acids is 1. The van der Waals surface area contributed by atoms with E-state index in [0.717, 1.165) is 0 Å². The molecule has 0 aliphatic carbocycles. The second-order valence-corrected chi connectivity index (χ2v) is 5.83. The van der Waals surface area contributed by atoms with E-state index >= 15 is 0 Å². The Bertz CT molecular complexity index is 346. The van der Waals surface area contributed by atoms with E-state index in [0.29, 0.717) is 25.1 Å². The van der Waals surface area contributed by atoms with Crippen LogP contribution in [0.4, 0.5) is 0 Å². The third kappa shape index (κ3) is 8.43. The number of ether oxygens (including phenoxy) is 1. The van der Waals surface area contributed by atoms with Gasteiger partial charge in [0.15, 0.2) is 0 Å². The van der Waals surface area contributed by atoms with Crippen molar-refractivity contribution in [1.82, 2.24) is 5.32 Å². The van der Waals surface area contributed by atoms with Crippen molar-refractivity contribution in [3.63, 3.8) is 0 Å². The number of rotatable bonds is 7. The van der Waals surface area contributed by atoms with E-state index in [1.807, 2.05) is 0 Å². The van der Waals surface area contributed by atoms with Crippen molar-refractivity contribution in [2.45, 2.75) is 13.3 Å². The smallest absolute Gasteiger partial charge is 0.333 e. The molecule has 5 nitrogen and oxygen atoms in total. The van der Waals surface area contributed by atoms with Gasteiger partial charge in [-0.2, -0.15) is 0 Å². The average Bonchev–Trinajstić information content (AvgIpc) is 2.20. The fraction of sp³-hybridized carbons (Fsp3) is 0.700. The molecule has 0 unspecified atom stereocenters. The van der Waals surface area contributed by atoms with Crippen LogP contribution in [0.15, 0.2) is 11.6 Å². The molecule has 94 valence electrons. The van der Waals surface area contributed by atoms with Gasteiger partial charge in [0, 0.05) is 18.4 Å². The molecule has 0 heterocycles. The number of methoxy groups -OCH3 is 1. The van der Waals surface area contributed by atoms with Gasteiger partial charge < -0.3 is 10.1 Å². The Morgan fingerprint density at radius 2 is 2.06 bits per heavy atom. The van der Waals surface area contributed by atoms with Crippen molar-refractivity contribution in [2.75, 3.05) is 32.2 Å². The van der Waals surface area contributed by atoms with Gasteiger partial charge in [-0.3, -0.25) is 0 Å². The van der Waals surface area contributed by atoms with Crippen LogP contribution in [0.25, 0.3) is 0 Å². The number of carbonyl (C=O) groups is 1. The zero-order chi connectivity index (χ0) is 12.6. The summed E-state index contributed by atoms with van der Waals surface area (Å²) < 4.78 is 26.1. The molecule has 0 saturated carbocycles. The van der Waals surface area contributed by atoms with E-state index in [1.54, 1.807) is 13.0 Å². The molecule has 0 aliphatic heterocycles. The van der Waals surface area contributed by atoms with Crippen molar-refractivity contribution in [3.8, 4) is 0 Å². The molecule has 1 N–H and O–H groups in total. The van der Waals surface area contributed by atoms with Crippen LogP contribution in [0.1, 0.15) is 13.3 Å². The van der Waals surface area contributed by atoms with Gasteiger partial charge in [-0.15, -0.1) is 0 Å². The predicted octanol–water partition coefficient (Wildman–Crippen LogP) is 0.130. The summed E-state index contributed by atoms with van der Waals surface area (Å²) >= 11 is 0. The Morgan fingerprint density at radius 1 is 1.44 bits per heavy atom. The maximum absolute atomic E-state index is 11.0. The van der Waals surface area contributed by atoms with E-state index < -0.39 is 9.84 Å². The van der Waals surface area contributed by atoms with Crippen LogP contribution in [-0.2, 0) is 19.4 Å². The van der Waals surface area contributed by atoms with Crippen LogP contribution in [0.2, 0.25) is 0 Å². The van der Waals surface area contributed by atoms with Crippen LogP contribution in [0, 0.1) is 0 Å². The molecule has 0 aromatic carbocycles. The minimum atomic E-state index is -2.87. The molecule has 0 atom stereocenters. The highest BCUT2D eigenvalue weighted by molar-refractivity contribution is 7.90. The molecule has 0 amide bonds. The molecule has 0 radical (unpaired) electrons. The Kier molecular flexibility index (Phi) is 7.00. The fourth-order valence-electron chi connectivity index (χ4n) is 1.03. The second kappa shape index (κ2) is 7.40. The lowest BCUT2D eigenvalue weighted by molar-refractivity contribution is -0.136. The standard InChI is InChI=1S/C10H19NO4S/c1-9(10(12)15-2)5-7-11-6-4-8-16(3,13)14/h5,11H,4,6-8H2,1-3H3. The Balaban J connectivity index is 3.65. The van der Waals surface area contributed by atoms with E-state index in [9.17, 15) is 13.2 Å². The van der Waals surface area contributed by atoms with Crippen molar-refractivity contribution >= 4 is 15.8 Å². The van der Waals surface area contributed by atoms with Crippen molar-refractivity contribution in [2.24, 2.45) is 0 Å². The summed E-state index contributed by atoms with van der Waals surface area (Å²) in [7, 11) is -1.54. The van der Waals surface area contributed by atoms with Crippen molar-refractivity contribution in [3.05, 3.63) is 11.6 Å². The topological polar surface area (TPSA) is 72.5 Å². The molecule has 0 fully saturated rings. The van der Waals surface area contributed by atoms with Crippen LogP contribution in [0.5, 0.6) is 0 Å².